The third-order valence-electron chi connectivity index (χ3n) is 1.85. The minimum absolute atomic E-state index is 0.111. The van der Waals surface area contributed by atoms with E-state index < -0.39 is 5.82 Å². The summed E-state index contributed by atoms with van der Waals surface area (Å²) in [7, 11) is 1.66. The van der Waals surface area contributed by atoms with Crippen molar-refractivity contribution in [2.75, 3.05) is 19.5 Å². The van der Waals surface area contributed by atoms with Gasteiger partial charge >= 0.3 is 0 Å². The third-order valence-corrected chi connectivity index (χ3v) is 2.84. The van der Waals surface area contributed by atoms with E-state index in [2.05, 4.69) is 0 Å². The van der Waals surface area contributed by atoms with Crippen LogP contribution in [0, 0.1) is 17.1 Å². The zero-order valence-corrected chi connectivity index (χ0v) is 9.31. The van der Waals surface area contributed by atoms with Crippen LogP contribution in [0.2, 0.25) is 0 Å². The summed E-state index contributed by atoms with van der Waals surface area (Å²) in [6, 6.07) is 6.46. The molecule has 0 aromatic heterocycles. The van der Waals surface area contributed by atoms with Gasteiger partial charge in [0.2, 0.25) is 0 Å². The summed E-state index contributed by atoms with van der Waals surface area (Å²) in [5.41, 5.74) is 1.08. The van der Waals surface area contributed by atoms with Gasteiger partial charge in [-0.2, -0.15) is 17.0 Å². The van der Waals surface area contributed by atoms with Gasteiger partial charge in [-0.25, -0.2) is 4.39 Å². The number of methoxy groups -OCH3 is 1. The minimum atomic E-state index is -0.455. The summed E-state index contributed by atoms with van der Waals surface area (Å²) in [5.74, 6) is 1.22. The predicted molar refractivity (Wildman–Crippen MR) is 59.2 cm³/mol. The fourth-order valence-corrected chi connectivity index (χ4v) is 1.92. The van der Waals surface area contributed by atoms with Gasteiger partial charge < -0.3 is 4.74 Å². The number of benzene rings is 1. The van der Waals surface area contributed by atoms with Crippen LogP contribution < -0.4 is 0 Å². The van der Waals surface area contributed by atoms with Crippen LogP contribution in [0.3, 0.4) is 0 Å². The van der Waals surface area contributed by atoms with Gasteiger partial charge in [-0.05, 0) is 17.7 Å². The van der Waals surface area contributed by atoms with Gasteiger partial charge in [-0.1, -0.05) is 6.07 Å². The first-order chi connectivity index (χ1) is 7.27. The molecule has 0 aliphatic heterocycles. The third kappa shape index (κ3) is 3.90. The fourth-order valence-electron chi connectivity index (χ4n) is 1.08. The maximum absolute atomic E-state index is 13.0. The van der Waals surface area contributed by atoms with E-state index >= 15 is 0 Å². The number of ether oxygens (including phenoxy) is 1. The standard InChI is InChI=1S/C11H12FNOS/c1-14-4-5-15-8-9-2-3-11(12)10(6-9)7-13/h2-3,6H,4-5,8H2,1H3. The monoisotopic (exact) mass is 225 g/mol. The van der Waals surface area contributed by atoms with Crippen LogP contribution in [0.5, 0.6) is 0 Å². The SMILES string of the molecule is COCCSCc1ccc(F)c(C#N)c1. The summed E-state index contributed by atoms with van der Waals surface area (Å²) < 4.78 is 17.9. The van der Waals surface area contributed by atoms with E-state index in [1.54, 1.807) is 31.0 Å². The summed E-state index contributed by atoms with van der Waals surface area (Å²) in [4.78, 5) is 0. The lowest BCUT2D eigenvalue weighted by atomic mass is 10.1. The average Bonchev–Trinajstić information content (AvgIpc) is 2.26. The van der Waals surface area contributed by atoms with Gasteiger partial charge in [0.05, 0.1) is 12.2 Å². The summed E-state index contributed by atoms with van der Waals surface area (Å²) >= 11 is 1.70. The molecule has 80 valence electrons. The minimum Gasteiger partial charge on any atom is -0.384 e. The highest BCUT2D eigenvalue weighted by Gasteiger charge is 2.02. The Balaban J connectivity index is 2.52. The highest BCUT2D eigenvalue weighted by Crippen LogP contribution is 2.15. The molecule has 0 aliphatic carbocycles. The van der Waals surface area contributed by atoms with Crippen LogP contribution in [0.15, 0.2) is 18.2 Å². The number of hydrogen-bond acceptors (Lipinski definition) is 3. The lowest BCUT2D eigenvalue weighted by Crippen LogP contribution is -1.93. The first-order valence-corrected chi connectivity index (χ1v) is 5.68. The first kappa shape index (κ1) is 12.0. The van der Waals surface area contributed by atoms with E-state index in [9.17, 15) is 4.39 Å². The zero-order valence-electron chi connectivity index (χ0n) is 8.50. The van der Waals surface area contributed by atoms with Crippen molar-refractivity contribution in [3.63, 3.8) is 0 Å². The molecule has 0 radical (unpaired) electrons. The van der Waals surface area contributed by atoms with E-state index in [-0.39, 0.29) is 5.56 Å². The molecule has 0 saturated carbocycles. The maximum atomic E-state index is 13.0. The molecule has 0 bridgehead atoms. The predicted octanol–water partition coefficient (Wildman–Crippen LogP) is 2.58. The summed E-state index contributed by atoms with van der Waals surface area (Å²) in [5, 5.41) is 8.64. The topological polar surface area (TPSA) is 33.0 Å². The Morgan fingerprint density at radius 3 is 3.00 bits per heavy atom. The van der Waals surface area contributed by atoms with Crippen LogP contribution >= 0.6 is 11.8 Å². The molecular weight excluding hydrogens is 213 g/mol. The van der Waals surface area contributed by atoms with Crippen molar-refractivity contribution in [3.8, 4) is 6.07 Å². The molecule has 15 heavy (non-hydrogen) atoms. The van der Waals surface area contributed by atoms with Crippen molar-refractivity contribution in [1.82, 2.24) is 0 Å². The van der Waals surface area contributed by atoms with Crippen LogP contribution in [0.4, 0.5) is 4.39 Å². The van der Waals surface area contributed by atoms with Crippen LogP contribution in [-0.4, -0.2) is 19.5 Å². The van der Waals surface area contributed by atoms with E-state index in [4.69, 9.17) is 10.00 Å². The molecular formula is C11H12FNOS. The highest BCUT2D eigenvalue weighted by molar-refractivity contribution is 7.98. The largest absolute Gasteiger partial charge is 0.384 e. The zero-order chi connectivity index (χ0) is 11.1. The molecule has 0 saturated heterocycles. The molecule has 1 aromatic rings. The maximum Gasteiger partial charge on any atom is 0.140 e. The van der Waals surface area contributed by atoms with Crippen molar-refractivity contribution in [1.29, 1.82) is 5.26 Å². The molecule has 0 amide bonds. The molecule has 0 fully saturated rings. The fraction of sp³-hybridized carbons (Fsp3) is 0.364. The van der Waals surface area contributed by atoms with Gasteiger partial charge in [-0.15, -0.1) is 0 Å². The van der Waals surface area contributed by atoms with Gasteiger partial charge in [0, 0.05) is 18.6 Å². The second kappa shape index (κ2) is 6.44. The lowest BCUT2D eigenvalue weighted by molar-refractivity contribution is 0.218. The number of rotatable bonds is 5. The van der Waals surface area contributed by atoms with Gasteiger partial charge in [0.15, 0.2) is 0 Å². The van der Waals surface area contributed by atoms with E-state index in [1.807, 2.05) is 6.07 Å². The van der Waals surface area contributed by atoms with Crippen molar-refractivity contribution in [3.05, 3.63) is 35.1 Å². The Hall–Kier alpha value is -1.05. The number of halogens is 1. The average molecular weight is 225 g/mol. The van der Waals surface area contributed by atoms with Crippen molar-refractivity contribution < 1.29 is 9.13 Å². The van der Waals surface area contributed by atoms with Crippen LogP contribution in [0.25, 0.3) is 0 Å². The van der Waals surface area contributed by atoms with Gasteiger partial charge in [-0.3, -0.25) is 0 Å². The van der Waals surface area contributed by atoms with Crippen LogP contribution in [-0.2, 0) is 10.5 Å². The Labute approximate surface area is 93.1 Å². The molecule has 4 heteroatoms. The summed E-state index contributed by atoms with van der Waals surface area (Å²) in [6.45, 7) is 0.705. The number of hydrogen-bond donors (Lipinski definition) is 0. The van der Waals surface area contributed by atoms with E-state index in [1.165, 1.54) is 6.07 Å². The van der Waals surface area contributed by atoms with Gasteiger partial charge in [0.1, 0.15) is 11.9 Å². The van der Waals surface area contributed by atoms with E-state index in [0.29, 0.717) is 6.61 Å². The molecule has 2 nitrogen and oxygen atoms in total. The second-order valence-electron chi connectivity index (χ2n) is 2.97. The summed E-state index contributed by atoms with van der Waals surface area (Å²) in [6.07, 6.45) is 0. The Morgan fingerprint density at radius 2 is 2.33 bits per heavy atom. The first-order valence-electron chi connectivity index (χ1n) is 4.53. The lowest BCUT2D eigenvalue weighted by Gasteiger charge is -2.02. The Bertz CT molecular complexity index is 362. The molecule has 0 N–H and O–H groups in total. The Kier molecular flexibility index (Phi) is 5.16. The molecule has 0 unspecified atom stereocenters. The quantitative estimate of drug-likeness (QED) is 0.722. The molecule has 0 spiro atoms. The molecule has 0 atom stereocenters. The molecule has 0 heterocycles. The molecule has 1 aromatic carbocycles. The normalized spacial score (nSPS) is 9.93. The van der Waals surface area contributed by atoms with E-state index in [0.717, 1.165) is 17.1 Å². The molecule has 0 aliphatic rings. The van der Waals surface area contributed by atoms with Crippen molar-refractivity contribution >= 4 is 11.8 Å². The van der Waals surface area contributed by atoms with Gasteiger partial charge in [0.25, 0.3) is 0 Å². The highest BCUT2D eigenvalue weighted by atomic mass is 32.2. The van der Waals surface area contributed by atoms with Crippen LogP contribution in [0.1, 0.15) is 11.1 Å². The number of nitrogens with zero attached hydrogens (tertiary/aromatic N) is 1. The van der Waals surface area contributed by atoms with Crippen molar-refractivity contribution in [2.24, 2.45) is 0 Å². The smallest absolute Gasteiger partial charge is 0.140 e. The second-order valence-corrected chi connectivity index (χ2v) is 4.08. The molecule has 1 rings (SSSR count). The number of thioether (sulfide) groups is 1. The Morgan fingerprint density at radius 1 is 1.53 bits per heavy atom. The van der Waals surface area contributed by atoms with Crippen molar-refractivity contribution in [2.45, 2.75) is 5.75 Å². The number of nitriles is 1.